The van der Waals surface area contributed by atoms with Crippen LogP contribution in [0.5, 0.6) is 17.2 Å². The maximum absolute atomic E-state index is 13.3. The molecule has 31 heavy (non-hydrogen) atoms. The highest BCUT2D eigenvalue weighted by Crippen LogP contribution is 2.49. The van der Waals surface area contributed by atoms with Crippen LogP contribution in [0.25, 0.3) is 0 Å². The SMILES string of the molecule is CCCN1C(=O)C2NNC(c3ccccc3O)C2C1c1ccc(OCC)c(OCC)c1. The van der Waals surface area contributed by atoms with E-state index in [9.17, 15) is 9.90 Å². The monoisotopic (exact) mass is 425 g/mol. The number of hydrogen-bond acceptors (Lipinski definition) is 6. The average Bonchev–Trinajstić information content (AvgIpc) is 3.30. The Balaban J connectivity index is 1.78. The van der Waals surface area contributed by atoms with E-state index in [1.807, 2.05) is 49.1 Å². The van der Waals surface area contributed by atoms with Gasteiger partial charge < -0.3 is 19.5 Å². The number of amides is 1. The standard InChI is InChI=1S/C24H31N3O4/c1-4-13-27-23(15-11-12-18(30-5-2)19(14-15)31-6-3)20-21(25-26-22(20)24(27)29)16-9-7-8-10-17(16)28/h7-12,14,20-23,25-26,28H,4-6,13H2,1-3H3. The van der Waals surface area contributed by atoms with Gasteiger partial charge in [-0.15, -0.1) is 0 Å². The van der Waals surface area contributed by atoms with Crippen molar-refractivity contribution >= 4 is 5.91 Å². The van der Waals surface area contributed by atoms with Crippen molar-refractivity contribution in [1.82, 2.24) is 15.8 Å². The molecule has 2 aliphatic heterocycles. The molecule has 1 amide bonds. The van der Waals surface area contributed by atoms with Crippen molar-refractivity contribution in [2.75, 3.05) is 19.8 Å². The molecule has 7 nitrogen and oxygen atoms in total. The van der Waals surface area contributed by atoms with E-state index in [2.05, 4.69) is 17.8 Å². The lowest BCUT2D eigenvalue weighted by Gasteiger charge is -2.31. The summed E-state index contributed by atoms with van der Waals surface area (Å²) in [6, 6.07) is 12.5. The molecule has 0 aromatic heterocycles. The van der Waals surface area contributed by atoms with E-state index in [4.69, 9.17) is 9.47 Å². The molecule has 2 heterocycles. The summed E-state index contributed by atoms with van der Waals surface area (Å²) in [6.07, 6.45) is 0.867. The molecule has 0 aliphatic carbocycles. The van der Waals surface area contributed by atoms with Gasteiger partial charge in [-0.25, -0.2) is 10.9 Å². The number of phenolic OH excluding ortho intramolecular Hbond substituents is 1. The third-order valence-corrected chi connectivity index (χ3v) is 6.06. The molecule has 0 radical (unpaired) electrons. The van der Waals surface area contributed by atoms with Crippen LogP contribution in [0.3, 0.4) is 0 Å². The number of rotatable bonds is 8. The maximum atomic E-state index is 13.3. The van der Waals surface area contributed by atoms with E-state index in [1.165, 1.54) is 0 Å². The molecule has 2 aromatic carbocycles. The second-order valence-corrected chi connectivity index (χ2v) is 7.93. The summed E-state index contributed by atoms with van der Waals surface area (Å²) in [7, 11) is 0. The summed E-state index contributed by atoms with van der Waals surface area (Å²) in [5, 5.41) is 10.5. The number of nitrogens with one attached hydrogen (secondary N) is 2. The number of para-hydroxylation sites is 1. The van der Waals surface area contributed by atoms with Crippen LogP contribution in [0, 0.1) is 5.92 Å². The van der Waals surface area contributed by atoms with Gasteiger partial charge >= 0.3 is 0 Å². The number of likely N-dealkylation sites (tertiary alicyclic amines) is 1. The van der Waals surface area contributed by atoms with Gasteiger partial charge in [0.25, 0.3) is 0 Å². The molecule has 166 valence electrons. The number of benzene rings is 2. The number of carbonyl (C=O) groups is 1. The maximum Gasteiger partial charge on any atom is 0.242 e. The summed E-state index contributed by atoms with van der Waals surface area (Å²) in [4.78, 5) is 15.3. The van der Waals surface area contributed by atoms with Gasteiger partial charge in [0.05, 0.1) is 25.3 Å². The molecule has 0 bridgehead atoms. The number of hydrogen-bond donors (Lipinski definition) is 3. The van der Waals surface area contributed by atoms with Crippen LogP contribution in [0.4, 0.5) is 0 Å². The lowest BCUT2D eigenvalue weighted by atomic mass is 9.83. The van der Waals surface area contributed by atoms with Crippen LogP contribution in [-0.2, 0) is 4.79 Å². The first kappa shape index (κ1) is 21.5. The lowest BCUT2D eigenvalue weighted by molar-refractivity contribution is -0.130. The zero-order chi connectivity index (χ0) is 22.0. The third-order valence-electron chi connectivity index (χ3n) is 6.06. The van der Waals surface area contributed by atoms with Crippen molar-refractivity contribution in [1.29, 1.82) is 0 Å². The molecule has 2 aromatic rings. The number of nitrogens with zero attached hydrogens (tertiary/aromatic N) is 1. The van der Waals surface area contributed by atoms with Crippen molar-refractivity contribution < 1.29 is 19.4 Å². The quantitative estimate of drug-likeness (QED) is 0.602. The number of ether oxygens (including phenoxy) is 2. The Bertz CT molecular complexity index is 935. The predicted molar refractivity (Wildman–Crippen MR) is 118 cm³/mol. The molecule has 7 heteroatoms. The number of carbonyl (C=O) groups excluding carboxylic acids is 1. The molecule has 0 saturated carbocycles. The van der Waals surface area contributed by atoms with E-state index < -0.39 is 0 Å². The Kier molecular flexibility index (Phi) is 6.34. The van der Waals surface area contributed by atoms with Crippen LogP contribution in [0.1, 0.15) is 50.4 Å². The predicted octanol–water partition coefficient (Wildman–Crippen LogP) is 3.32. The normalized spacial score (nSPS) is 25.0. The first-order valence-corrected chi connectivity index (χ1v) is 11.1. The van der Waals surface area contributed by atoms with E-state index in [0.717, 1.165) is 17.5 Å². The van der Waals surface area contributed by atoms with Gasteiger partial charge in [0, 0.05) is 18.0 Å². The third kappa shape index (κ3) is 3.83. The number of hydrazine groups is 1. The minimum absolute atomic E-state index is 0.0779. The first-order chi connectivity index (χ1) is 15.1. The van der Waals surface area contributed by atoms with Gasteiger partial charge in [-0.3, -0.25) is 4.79 Å². The highest BCUT2D eigenvalue weighted by atomic mass is 16.5. The summed E-state index contributed by atoms with van der Waals surface area (Å²) >= 11 is 0. The largest absolute Gasteiger partial charge is 0.508 e. The van der Waals surface area contributed by atoms with Crippen LogP contribution in [-0.4, -0.2) is 41.7 Å². The first-order valence-electron chi connectivity index (χ1n) is 11.1. The van der Waals surface area contributed by atoms with E-state index >= 15 is 0 Å². The fraction of sp³-hybridized carbons (Fsp3) is 0.458. The lowest BCUT2D eigenvalue weighted by Crippen LogP contribution is -2.41. The van der Waals surface area contributed by atoms with Crippen molar-refractivity contribution in [3.05, 3.63) is 53.6 Å². The molecule has 4 rings (SSSR count). The minimum atomic E-state index is -0.358. The van der Waals surface area contributed by atoms with Gasteiger partial charge in [-0.1, -0.05) is 31.2 Å². The van der Waals surface area contributed by atoms with E-state index in [0.29, 0.717) is 31.3 Å². The Morgan fingerprint density at radius 1 is 0.968 bits per heavy atom. The molecule has 4 atom stereocenters. The topological polar surface area (TPSA) is 83.1 Å². The number of phenols is 1. The van der Waals surface area contributed by atoms with Crippen LogP contribution in [0.2, 0.25) is 0 Å². The van der Waals surface area contributed by atoms with Gasteiger partial charge in [-0.05, 0) is 44.0 Å². The second kappa shape index (κ2) is 9.16. The molecule has 0 spiro atoms. The molecular formula is C24H31N3O4. The summed E-state index contributed by atoms with van der Waals surface area (Å²) in [6.45, 7) is 7.72. The molecule has 2 fully saturated rings. The van der Waals surface area contributed by atoms with Gasteiger partial charge in [0.2, 0.25) is 5.91 Å². The Morgan fingerprint density at radius 2 is 1.68 bits per heavy atom. The molecule has 2 aliphatic rings. The number of aromatic hydroxyl groups is 1. The fourth-order valence-corrected chi connectivity index (χ4v) is 4.86. The average molecular weight is 426 g/mol. The van der Waals surface area contributed by atoms with E-state index in [-0.39, 0.29) is 35.7 Å². The fourth-order valence-electron chi connectivity index (χ4n) is 4.86. The van der Waals surface area contributed by atoms with E-state index in [1.54, 1.807) is 12.1 Å². The Morgan fingerprint density at radius 3 is 2.39 bits per heavy atom. The van der Waals surface area contributed by atoms with Gasteiger partial charge in [0.15, 0.2) is 11.5 Å². The zero-order valence-corrected chi connectivity index (χ0v) is 18.3. The molecule has 4 unspecified atom stereocenters. The van der Waals surface area contributed by atoms with Crippen molar-refractivity contribution in [2.45, 2.75) is 45.3 Å². The second-order valence-electron chi connectivity index (χ2n) is 7.93. The van der Waals surface area contributed by atoms with Gasteiger partial charge in [-0.2, -0.15) is 0 Å². The van der Waals surface area contributed by atoms with Gasteiger partial charge in [0.1, 0.15) is 11.8 Å². The molecule has 2 saturated heterocycles. The Labute approximate surface area is 183 Å². The summed E-state index contributed by atoms with van der Waals surface area (Å²) < 4.78 is 11.6. The van der Waals surface area contributed by atoms with Crippen LogP contribution in [0.15, 0.2) is 42.5 Å². The van der Waals surface area contributed by atoms with Crippen LogP contribution < -0.4 is 20.3 Å². The van der Waals surface area contributed by atoms with Crippen LogP contribution >= 0.6 is 0 Å². The molecular weight excluding hydrogens is 394 g/mol. The minimum Gasteiger partial charge on any atom is -0.508 e. The highest BCUT2D eigenvalue weighted by Gasteiger charge is 2.55. The summed E-state index contributed by atoms with van der Waals surface area (Å²) in [5.41, 5.74) is 8.26. The number of fused-ring (bicyclic) bond motifs is 1. The van der Waals surface area contributed by atoms with Crippen molar-refractivity contribution in [3.8, 4) is 17.2 Å². The van der Waals surface area contributed by atoms with Crippen molar-refractivity contribution in [2.24, 2.45) is 5.92 Å². The highest BCUT2D eigenvalue weighted by molar-refractivity contribution is 5.86. The Hall–Kier alpha value is -2.77. The van der Waals surface area contributed by atoms with Crippen molar-refractivity contribution in [3.63, 3.8) is 0 Å². The smallest absolute Gasteiger partial charge is 0.242 e. The molecule has 3 N–H and O–H groups in total. The zero-order valence-electron chi connectivity index (χ0n) is 18.3. The summed E-state index contributed by atoms with van der Waals surface area (Å²) in [5.74, 6) is 1.61.